The average Bonchev–Trinajstić information content (AvgIpc) is 3.28. The molecular weight excluding hydrogens is 512 g/mol. The SMILES string of the molecule is C=C(C(=O)N1CCN(c2ccc(N3C[C@H](CNC(C)=O)OC3=O)c(F)c2F)CC1)c1ccc(NC(C)=O)cc1. The van der Waals surface area contributed by atoms with E-state index in [0.717, 1.165) is 4.90 Å². The van der Waals surface area contributed by atoms with E-state index in [1.165, 1.54) is 26.0 Å². The zero-order chi connectivity index (χ0) is 28.3. The third kappa shape index (κ3) is 6.16. The van der Waals surface area contributed by atoms with E-state index < -0.39 is 23.8 Å². The minimum Gasteiger partial charge on any atom is -0.442 e. The van der Waals surface area contributed by atoms with Crippen molar-refractivity contribution in [3.63, 3.8) is 0 Å². The lowest BCUT2D eigenvalue weighted by Gasteiger charge is -2.36. The molecule has 39 heavy (non-hydrogen) atoms. The van der Waals surface area contributed by atoms with Crippen molar-refractivity contribution in [1.29, 1.82) is 0 Å². The van der Waals surface area contributed by atoms with Crippen molar-refractivity contribution in [1.82, 2.24) is 10.2 Å². The Morgan fingerprint density at radius 3 is 2.18 bits per heavy atom. The Morgan fingerprint density at radius 2 is 1.56 bits per heavy atom. The second kappa shape index (κ2) is 11.5. The van der Waals surface area contributed by atoms with Crippen molar-refractivity contribution in [3.8, 4) is 0 Å². The molecule has 2 N–H and O–H groups in total. The van der Waals surface area contributed by atoms with E-state index in [-0.39, 0.29) is 73.9 Å². The summed E-state index contributed by atoms with van der Waals surface area (Å²) >= 11 is 0. The second-order valence-corrected chi connectivity index (χ2v) is 9.30. The summed E-state index contributed by atoms with van der Waals surface area (Å²) in [6, 6.07) is 9.46. The number of rotatable bonds is 7. The molecule has 12 heteroatoms. The van der Waals surface area contributed by atoms with Gasteiger partial charge in [0.25, 0.3) is 5.91 Å². The molecule has 2 saturated heterocycles. The minimum atomic E-state index is -1.18. The van der Waals surface area contributed by atoms with E-state index in [2.05, 4.69) is 17.2 Å². The normalized spacial score (nSPS) is 17.1. The molecule has 2 aromatic rings. The molecule has 0 aromatic heterocycles. The van der Waals surface area contributed by atoms with E-state index in [1.54, 1.807) is 34.1 Å². The monoisotopic (exact) mass is 541 g/mol. The maximum absolute atomic E-state index is 15.1. The van der Waals surface area contributed by atoms with Gasteiger partial charge in [-0.2, -0.15) is 0 Å². The summed E-state index contributed by atoms with van der Waals surface area (Å²) in [5, 5.41) is 5.19. The summed E-state index contributed by atoms with van der Waals surface area (Å²) in [7, 11) is 0. The maximum Gasteiger partial charge on any atom is 0.414 e. The van der Waals surface area contributed by atoms with Gasteiger partial charge in [0.05, 0.1) is 24.5 Å². The smallest absolute Gasteiger partial charge is 0.414 e. The molecular formula is C27H29F2N5O5. The van der Waals surface area contributed by atoms with Crippen molar-refractivity contribution >= 4 is 46.5 Å². The number of amides is 4. The highest BCUT2D eigenvalue weighted by Gasteiger charge is 2.35. The maximum atomic E-state index is 15.1. The summed E-state index contributed by atoms with van der Waals surface area (Å²) in [5.41, 5.74) is 1.28. The van der Waals surface area contributed by atoms with Gasteiger partial charge in [-0.25, -0.2) is 13.6 Å². The van der Waals surface area contributed by atoms with Crippen molar-refractivity contribution < 1.29 is 32.7 Å². The van der Waals surface area contributed by atoms with E-state index in [0.29, 0.717) is 11.3 Å². The fourth-order valence-corrected chi connectivity index (χ4v) is 4.49. The van der Waals surface area contributed by atoms with Crippen LogP contribution in [0.3, 0.4) is 0 Å². The van der Waals surface area contributed by atoms with Crippen LogP contribution in [0, 0.1) is 11.6 Å². The zero-order valence-electron chi connectivity index (χ0n) is 21.6. The fraction of sp³-hybridized carbons (Fsp3) is 0.333. The zero-order valence-corrected chi connectivity index (χ0v) is 21.6. The molecule has 4 amide bonds. The van der Waals surface area contributed by atoms with Crippen LogP contribution in [0.1, 0.15) is 19.4 Å². The Hall–Kier alpha value is -4.48. The molecule has 10 nitrogen and oxygen atoms in total. The second-order valence-electron chi connectivity index (χ2n) is 9.30. The molecule has 0 saturated carbocycles. The molecule has 0 bridgehead atoms. The van der Waals surface area contributed by atoms with Crippen molar-refractivity contribution in [2.75, 3.05) is 54.4 Å². The number of hydrogen-bond donors (Lipinski definition) is 2. The third-order valence-corrected chi connectivity index (χ3v) is 6.50. The quantitative estimate of drug-likeness (QED) is 0.522. The van der Waals surface area contributed by atoms with Gasteiger partial charge in [-0.3, -0.25) is 19.3 Å². The molecule has 1 atom stereocenters. The first-order chi connectivity index (χ1) is 18.5. The molecule has 2 heterocycles. The van der Waals surface area contributed by atoms with E-state index in [9.17, 15) is 19.2 Å². The Bertz CT molecular complexity index is 1310. The van der Waals surface area contributed by atoms with Gasteiger partial charge in [0, 0.05) is 51.3 Å². The number of carbonyl (C=O) groups is 4. The summed E-state index contributed by atoms with van der Waals surface area (Å²) in [4.78, 5) is 51.7. The number of carbonyl (C=O) groups excluding carboxylic acids is 4. The molecule has 0 unspecified atom stereocenters. The first-order valence-corrected chi connectivity index (χ1v) is 12.4. The Balaban J connectivity index is 1.37. The summed E-state index contributed by atoms with van der Waals surface area (Å²) < 4.78 is 35.3. The number of nitrogens with zero attached hydrogens (tertiary/aromatic N) is 3. The Labute approximate surface area is 224 Å². The molecule has 0 aliphatic carbocycles. The number of hydrogen-bond acceptors (Lipinski definition) is 6. The first kappa shape index (κ1) is 27.6. The summed E-state index contributed by atoms with van der Waals surface area (Å²) in [5.74, 6) is -3.06. The average molecular weight is 542 g/mol. The lowest BCUT2D eigenvalue weighted by molar-refractivity contribution is -0.125. The van der Waals surface area contributed by atoms with Gasteiger partial charge < -0.3 is 25.2 Å². The lowest BCUT2D eigenvalue weighted by atomic mass is 10.1. The van der Waals surface area contributed by atoms with Crippen molar-refractivity contribution in [3.05, 3.63) is 60.2 Å². The molecule has 0 radical (unpaired) electrons. The van der Waals surface area contributed by atoms with E-state index >= 15 is 8.78 Å². The van der Waals surface area contributed by atoms with Crippen LogP contribution in [0.5, 0.6) is 0 Å². The number of anilines is 3. The van der Waals surface area contributed by atoms with Crippen LogP contribution in [-0.2, 0) is 19.1 Å². The van der Waals surface area contributed by atoms with Crippen molar-refractivity contribution in [2.24, 2.45) is 0 Å². The van der Waals surface area contributed by atoms with Crippen LogP contribution in [-0.4, -0.2) is 74.1 Å². The van der Waals surface area contributed by atoms with E-state index in [4.69, 9.17) is 4.74 Å². The number of nitrogens with one attached hydrogen (secondary N) is 2. The van der Waals surface area contributed by atoms with Gasteiger partial charge in [0.15, 0.2) is 11.6 Å². The van der Waals surface area contributed by atoms with Gasteiger partial charge in [-0.1, -0.05) is 18.7 Å². The number of cyclic esters (lactones) is 1. The van der Waals surface area contributed by atoms with Gasteiger partial charge in [0.1, 0.15) is 6.10 Å². The van der Waals surface area contributed by atoms with Gasteiger partial charge in [-0.15, -0.1) is 0 Å². The highest BCUT2D eigenvalue weighted by molar-refractivity contribution is 6.18. The molecule has 2 aliphatic heterocycles. The van der Waals surface area contributed by atoms with Crippen LogP contribution in [0.25, 0.3) is 5.57 Å². The largest absolute Gasteiger partial charge is 0.442 e. The van der Waals surface area contributed by atoms with Crippen LogP contribution >= 0.6 is 0 Å². The minimum absolute atomic E-state index is 0.0260. The number of piperazine rings is 1. The predicted octanol–water partition coefficient (Wildman–Crippen LogP) is 2.75. The number of benzene rings is 2. The molecule has 206 valence electrons. The molecule has 2 aliphatic rings. The van der Waals surface area contributed by atoms with Crippen molar-refractivity contribution in [2.45, 2.75) is 20.0 Å². The van der Waals surface area contributed by atoms with Crippen LogP contribution < -0.4 is 20.4 Å². The predicted molar refractivity (Wildman–Crippen MR) is 141 cm³/mol. The van der Waals surface area contributed by atoms with Gasteiger partial charge >= 0.3 is 6.09 Å². The highest BCUT2D eigenvalue weighted by Crippen LogP contribution is 2.32. The molecule has 4 rings (SSSR count). The highest BCUT2D eigenvalue weighted by atomic mass is 19.2. The standard InChI is InChI=1S/C27H29F2N5O5/c1-16(19-4-6-20(7-5-19)31-18(3)36)26(37)33-12-10-32(11-13-33)22-8-9-23(25(29)24(22)28)34-15-21(39-27(34)38)14-30-17(2)35/h4-9,21H,1,10-15H2,2-3H3,(H,30,35)(H,31,36)/t21-/m0/s1. The number of ether oxygens (including phenoxy) is 1. The van der Waals surface area contributed by atoms with Crippen LogP contribution in [0.4, 0.5) is 30.6 Å². The van der Waals surface area contributed by atoms with Crippen LogP contribution in [0.15, 0.2) is 43.0 Å². The summed E-state index contributed by atoms with van der Waals surface area (Å²) in [6.45, 7) is 7.74. The Morgan fingerprint density at radius 1 is 0.949 bits per heavy atom. The molecule has 2 fully saturated rings. The van der Waals surface area contributed by atoms with Crippen LogP contribution in [0.2, 0.25) is 0 Å². The van der Waals surface area contributed by atoms with Gasteiger partial charge in [0.2, 0.25) is 11.8 Å². The lowest BCUT2D eigenvalue weighted by Crippen LogP contribution is -2.49. The summed E-state index contributed by atoms with van der Waals surface area (Å²) in [6.07, 6.45) is -1.51. The molecule has 2 aromatic carbocycles. The topological polar surface area (TPSA) is 111 Å². The number of halogens is 2. The van der Waals surface area contributed by atoms with E-state index in [1.807, 2.05) is 0 Å². The van der Waals surface area contributed by atoms with Gasteiger partial charge in [-0.05, 0) is 29.8 Å². The first-order valence-electron chi connectivity index (χ1n) is 12.4. The Kier molecular flexibility index (Phi) is 8.12. The fourth-order valence-electron chi connectivity index (χ4n) is 4.49. The third-order valence-electron chi connectivity index (χ3n) is 6.50. The molecule has 0 spiro atoms.